The van der Waals surface area contributed by atoms with Crippen LogP contribution >= 0.6 is 0 Å². The minimum absolute atomic E-state index is 0.0772. The normalized spacial score (nSPS) is 16.6. The summed E-state index contributed by atoms with van der Waals surface area (Å²) in [6.07, 6.45) is 0. The van der Waals surface area contributed by atoms with Gasteiger partial charge in [0.1, 0.15) is 17.4 Å². The summed E-state index contributed by atoms with van der Waals surface area (Å²) in [7, 11) is 7.19. The highest BCUT2D eigenvalue weighted by molar-refractivity contribution is 6.41. The Morgan fingerprint density at radius 1 is 0.750 bits per heavy atom. The maximum Gasteiger partial charge on any atom is 0.213 e. The van der Waals surface area contributed by atoms with Gasteiger partial charge in [-0.15, -0.1) is 0 Å². The van der Waals surface area contributed by atoms with Gasteiger partial charge in [0.15, 0.2) is 11.5 Å². The second kappa shape index (κ2) is 6.92. The summed E-state index contributed by atoms with van der Waals surface area (Å²) in [6, 6.07) is 9.23. The van der Waals surface area contributed by atoms with Crippen LogP contribution in [0.3, 0.4) is 0 Å². The molecule has 3 rings (SSSR count). The van der Waals surface area contributed by atoms with E-state index in [4.69, 9.17) is 0 Å². The minimum atomic E-state index is -1.35. The first-order chi connectivity index (χ1) is 13.1. The Kier molecular flexibility index (Phi) is 4.77. The standard InChI is InChI=1S/C21H22N2O5/c1-22(2)11-5-7-13(15(24)9-11)17-19(26)18(21(28)20(17)27)14-8-6-12(23(3)4)10-16(14)25/h5-10,17,24-25,28H,1-4H3. The Balaban J connectivity index is 2.04. The van der Waals surface area contributed by atoms with E-state index in [0.29, 0.717) is 11.4 Å². The van der Waals surface area contributed by atoms with E-state index in [1.807, 2.05) is 0 Å². The first kappa shape index (κ1) is 19.3. The average Bonchev–Trinajstić information content (AvgIpc) is 2.84. The summed E-state index contributed by atoms with van der Waals surface area (Å²) in [4.78, 5) is 29.1. The topological polar surface area (TPSA) is 101 Å². The molecule has 3 N–H and O–H groups in total. The number of phenols is 2. The molecule has 0 bridgehead atoms. The second-order valence-corrected chi connectivity index (χ2v) is 7.12. The number of ketones is 2. The molecule has 2 aromatic carbocycles. The smallest absolute Gasteiger partial charge is 0.213 e. The molecule has 0 saturated heterocycles. The molecule has 7 nitrogen and oxygen atoms in total. The average molecular weight is 382 g/mol. The van der Waals surface area contributed by atoms with E-state index in [0.717, 1.165) is 0 Å². The number of aromatic hydroxyl groups is 2. The van der Waals surface area contributed by atoms with Crippen LogP contribution in [0.2, 0.25) is 0 Å². The molecule has 7 heteroatoms. The molecule has 1 aliphatic carbocycles. The summed E-state index contributed by atoms with van der Waals surface area (Å²) >= 11 is 0. The van der Waals surface area contributed by atoms with Crippen molar-refractivity contribution in [2.45, 2.75) is 5.92 Å². The second-order valence-electron chi connectivity index (χ2n) is 7.12. The fraction of sp³-hybridized carbons (Fsp3) is 0.238. The summed E-state index contributed by atoms with van der Waals surface area (Å²) in [5.41, 5.74) is 1.36. The first-order valence-electron chi connectivity index (χ1n) is 8.66. The van der Waals surface area contributed by atoms with E-state index < -0.39 is 23.2 Å². The van der Waals surface area contributed by atoms with Crippen LogP contribution in [0.15, 0.2) is 42.2 Å². The van der Waals surface area contributed by atoms with Gasteiger partial charge in [-0.25, -0.2) is 0 Å². The van der Waals surface area contributed by atoms with Crippen LogP contribution in [0, 0.1) is 0 Å². The van der Waals surface area contributed by atoms with Gasteiger partial charge < -0.3 is 25.1 Å². The van der Waals surface area contributed by atoms with E-state index in [1.54, 1.807) is 50.1 Å². The van der Waals surface area contributed by atoms with Crippen molar-refractivity contribution in [1.82, 2.24) is 0 Å². The van der Waals surface area contributed by atoms with Gasteiger partial charge in [0, 0.05) is 62.8 Å². The van der Waals surface area contributed by atoms with Crippen LogP contribution in [0.4, 0.5) is 11.4 Å². The molecule has 2 aromatic rings. The van der Waals surface area contributed by atoms with E-state index in [-0.39, 0.29) is 28.2 Å². The molecule has 146 valence electrons. The molecular weight excluding hydrogens is 360 g/mol. The van der Waals surface area contributed by atoms with Gasteiger partial charge in [-0.3, -0.25) is 9.59 Å². The lowest BCUT2D eigenvalue weighted by molar-refractivity contribution is -0.123. The maximum atomic E-state index is 13.0. The number of Topliss-reactive ketones (excluding diaryl/α,β-unsaturated/α-hetero) is 2. The van der Waals surface area contributed by atoms with E-state index >= 15 is 0 Å². The predicted octanol–water partition coefficient (Wildman–Crippen LogP) is 2.43. The molecule has 28 heavy (non-hydrogen) atoms. The molecule has 1 aliphatic rings. The minimum Gasteiger partial charge on any atom is -0.508 e. The number of rotatable bonds is 4. The van der Waals surface area contributed by atoms with Gasteiger partial charge in [0.2, 0.25) is 5.78 Å². The number of hydrogen-bond donors (Lipinski definition) is 3. The van der Waals surface area contributed by atoms with Crippen molar-refractivity contribution in [1.29, 1.82) is 0 Å². The Bertz CT molecular complexity index is 1010. The number of phenolic OH excluding ortho intramolecular Hbond substituents is 2. The van der Waals surface area contributed by atoms with Gasteiger partial charge >= 0.3 is 0 Å². The van der Waals surface area contributed by atoms with Crippen LogP contribution in [0.5, 0.6) is 11.5 Å². The van der Waals surface area contributed by atoms with Gasteiger partial charge in [-0.05, 0) is 18.2 Å². The van der Waals surface area contributed by atoms with Gasteiger partial charge in [-0.1, -0.05) is 6.07 Å². The zero-order valence-corrected chi connectivity index (χ0v) is 16.1. The van der Waals surface area contributed by atoms with Gasteiger partial charge in [-0.2, -0.15) is 0 Å². The highest BCUT2D eigenvalue weighted by Crippen LogP contribution is 2.43. The number of hydrogen-bond acceptors (Lipinski definition) is 7. The number of carbonyl (C=O) groups excluding carboxylic acids is 2. The largest absolute Gasteiger partial charge is 0.508 e. The molecule has 0 aliphatic heterocycles. The fourth-order valence-electron chi connectivity index (χ4n) is 3.25. The van der Waals surface area contributed by atoms with Gasteiger partial charge in [0.05, 0.1) is 5.57 Å². The molecule has 1 atom stereocenters. The third-order valence-electron chi connectivity index (χ3n) is 4.85. The molecular formula is C21H22N2O5. The molecule has 0 aromatic heterocycles. The molecule has 0 heterocycles. The fourth-order valence-corrected chi connectivity index (χ4v) is 3.25. The van der Waals surface area contributed by atoms with Crippen molar-refractivity contribution >= 4 is 28.5 Å². The summed E-state index contributed by atoms with van der Waals surface area (Å²) < 4.78 is 0. The van der Waals surface area contributed by atoms with Gasteiger partial charge in [0.25, 0.3) is 0 Å². The van der Waals surface area contributed by atoms with E-state index in [2.05, 4.69) is 0 Å². The SMILES string of the molecule is CN(C)c1ccc(C2=C(O)C(=O)C(c3ccc(N(C)C)cc3O)C2=O)c(O)c1. The monoisotopic (exact) mass is 382 g/mol. The quantitative estimate of drug-likeness (QED) is 0.698. The van der Waals surface area contributed by atoms with Crippen molar-refractivity contribution < 1.29 is 24.9 Å². The van der Waals surface area contributed by atoms with Crippen LogP contribution < -0.4 is 9.80 Å². The molecule has 0 amide bonds. The summed E-state index contributed by atoms with van der Waals surface area (Å²) in [6.45, 7) is 0. The van der Waals surface area contributed by atoms with Crippen LogP contribution in [-0.2, 0) is 9.59 Å². The van der Waals surface area contributed by atoms with Crippen molar-refractivity contribution in [2.24, 2.45) is 0 Å². The Hall–Kier alpha value is -3.48. The number of anilines is 2. The number of benzene rings is 2. The van der Waals surface area contributed by atoms with Crippen LogP contribution in [-0.4, -0.2) is 55.1 Å². The number of aliphatic hydroxyl groups is 1. The van der Waals surface area contributed by atoms with Crippen molar-refractivity contribution in [2.75, 3.05) is 38.0 Å². The lowest BCUT2D eigenvalue weighted by Gasteiger charge is -2.16. The molecule has 1 unspecified atom stereocenters. The highest BCUT2D eigenvalue weighted by Gasteiger charge is 2.44. The molecule has 0 saturated carbocycles. The lowest BCUT2D eigenvalue weighted by Crippen LogP contribution is -2.16. The summed E-state index contributed by atoms with van der Waals surface area (Å²) in [5.74, 6) is -3.95. The number of nitrogens with zero attached hydrogens (tertiary/aromatic N) is 2. The highest BCUT2D eigenvalue weighted by atomic mass is 16.3. The summed E-state index contributed by atoms with van der Waals surface area (Å²) in [5, 5.41) is 31.0. The zero-order chi connectivity index (χ0) is 20.7. The molecule has 0 spiro atoms. The van der Waals surface area contributed by atoms with E-state index in [1.165, 1.54) is 24.3 Å². The number of allylic oxidation sites excluding steroid dienone is 2. The van der Waals surface area contributed by atoms with Crippen molar-refractivity contribution in [3.8, 4) is 11.5 Å². The zero-order valence-electron chi connectivity index (χ0n) is 16.1. The van der Waals surface area contributed by atoms with Crippen molar-refractivity contribution in [3.63, 3.8) is 0 Å². The van der Waals surface area contributed by atoms with Crippen LogP contribution in [0.25, 0.3) is 5.57 Å². The Labute approximate surface area is 162 Å². The third-order valence-corrected chi connectivity index (χ3v) is 4.85. The molecule has 0 radical (unpaired) electrons. The third kappa shape index (κ3) is 3.05. The first-order valence-corrected chi connectivity index (χ1v) is 8.66. The predicted molar refractivity (Wildman–Crippen MR) is 107 cm³/mol. The molecule has 0 fully saturated rings. The van der Waals surface area contributed by atoms with Crippen LogP contribution in [0.1, 0.15) is 17.0 Å². The number of aliphatic hydroxyl groups excluding tert-OH is 1. The Morgan fingerprint density at radius 2 is 1.29 bits per heavy atom. The maximum absolute atomic E-state index is 13.0. The van der Waals surface area contributed by atoms with E-state index in [9.17, 15) is 24.9 Å². The number of carbonyl (C=O) groups is 2. The Morgan fingerprint density at radius 3 is 1.79 bits per heavy atom. The van der Waals surface area contributed by atoms with Crippen molar-refractivity contribution in [3.05, 3.63) is 53.3 Å². The lowest BCUT2D eigenvalue weighted by atomic mass is 9.91.